The van der Waals surface area contributed by atoms with Crippen LogP contribution in [0.5, 0.6) is 17.2 Å². The number of hydrogen-bond acceptors (Lipinski definition) is 7. The van der Waals surface area contributed by atoms with E-state index in [1.807, 2.05) is 0 Å². The SMILES string of the molecule is CCC1(CC)c2cc(-c3ccccc3)ccc2-c2c1c1c(c3cc(OC)c(OC)cc23)OC(C2=CC=C(N3CCOCC3)CC2)(c2ccc(N3CCOCC3)cc2)C=C1. The van der Waals surface area contributed by atoms with Crippen molar-refractivity contribution in [2.24, 2.45) is 0 Å². The van der Waals surface area contributed by atoms with Crippen molar-refractivity contribution in [2.75, 3.05) is 71.7 Å². The molecule has 7 heteroatoms. The van der Waals surface area contributed by atoms with Crippen LogP contribution in [-0.4, -0.2) is 71.7 Å². The third kappa shape index (κ3) is 6.07. The van der Waals surface area contributed by atoms with Crippen LogP contribution in [0.1, 0.15) is 61.8 Å². The molecule has 0 amide bonds. The van der Waals surface area contributed by atoms with Crippen molar-refractivity contribution < 1.29 is 23.7 Å². The van der Waals surface area contributed by atoms with Crippen LogP contribution in [0.2, 0.25) is 0 Å². The maximum absolute atomic E-state index is 7.85. The zero-order chi connectivity index (χ0) is 40.1. The van der Waals surface area contributed by atoms with E-state index in [2.05, 4.69) is 133 Å². The molecule has 10 rings (SSSR count). The Morgan fingerprint density at radius 2 is 1.36 bits per heavy atom. The lowest BCUT2D eigenvalue weighted by Gasteiger charge is -2.42. The molecule has 5 aliphatic rings. The Morgan fingerprint density at radius 3 is 2.00 bits per heavy atom. The zero-order valence-electron chi connectivity index (χ0n) is 34.8. The maximum Gasteiger partial charge on any atom is 0.174 e. The molecule has 0 aromatic heterocycles. The van der Waals surface area contributed by atoms with Gasteiger partial charge in [-0.2, -0.15) is 0 Å². The molecule has 0 N–H and O–H groups in total. The van der Waals surface area contributed by atoms with Crippen LogP contribution in [0.3, 0.4) is 0 Å². The topological polar surface area (TPSA) is 52.6 Å². The summed E-state index contributed by atoms with van der Waals surface area (Å²) in [5, 5.41) is 2.14. The molecule has 59 heavy (non-hydrogen) atoms. The Kier molecular flexibility index (Phi) is 9.77. The molecule has 1 unspecified atom stereocenters. The minimum atomic E-state index is -0.828. The highest BCUT2D eigenvalue weighted by molar-refractivity contribution is 6.10. The van der Waals surface area contributed by atoms with Crippen LogP contribution in [0, 0.1) is 0 Å². The number of allylic oxidation sites excluding steroid dienone is 3. The summed E-state index contributed by atoms with van der Waals surface area (Å²) in [5.74, 6) is 2.29. The average molecular weight is 787 g/mol. The Bertz CT molecular complexity index is 2490. The predicted molar refractivity (Wildman–Crippen MR) is 238 cm³/mol. The van der Waals surface area contributed by atoms with Gasteiger partial charge >= 0.3 is 0 Å². The third-order valence-corrected chi connectivity index (χ3v) is 13.8. The van der Waals surface area contributed by atoms with Crippen molar-refractivity contribution >= 4 is 22.5 Å². The first-order valence-electron chi connectivity index (χ1n) is 21.5. The molecule has 3 aliphatic heterocycles. The number of morpholine rings is 2. The summed E-state index contributed by atoms with van der Waals surface area (Å²) in [6, 6.07) is 31.3. The fourth-order valence-corrected chi connectivity index (χ4v) is 10.6. The summed E-state index contributed by atoms with van der Waals surface area (Å²) < 4.78 is 31.3. The lowest BCUT2D eigenvalue weighted by atomic mass is 9.70. The second kappa shape index (κ2) is 15.3. The van der Waals surface area contributed by atoms with Crippen molar-refractivity contribution in [3.8, 4) is 39.5 Å². The summed E-state index contributed by atoms with van der Waals surface area (Å²) in [7, 11) is 3.44. The molecule has 5 aromatic carbocycles. The number of ether oxygens (including phenoxy) is 5. The molecule has 0 radical (unpaired) electrons. The fourth-order valence-electron chi connectivity index (χ4n) is 10.6. The number of hydrogen-bond donors (Lipinski definition) is 0. The van der Waals surface area contributed by atoms with E-state index in [4.69, 9.17) is 23.7 Å². The van der Waals surface area contributed by atoms with Gasteiger partial charge in [0.1, 0.15) is 5.75 Å². The van der Waals surface area contributed by atoms with Gasteiger partial charge in [-0.05, 0) is 113 Å². The summed E-state index contributed by atoms with van der Waals surface area (Å²) in [6.45, 7) is 11.4. The van der Waals surface area contributed by atoms with Gasteiger partial charge in [-0.1, -0.05) is 80.6 Å². The highest BCUT2D eigenvalue weighted by Crippen LogP contribution is 2.62. The molecule has 0 spiro atoms. The van der Waals surface area contributed by atoms with Crippen molar-refractivity contribution in [3.63, 3.8) is 0 Å². The molecular weight excluding hydrogens is 733 g/mol. The van der Waals surface area contributed by atoms with Crippen LogP contribution in [-0.2, 0) is 20.5 Å². The summed E-state index contributed by atoms with van der Waals surface area (Å²) >= 11 is 0. The van der Waals surface area contributed by atoms with Gasteiger partial charge in [0.05, 0.1) is 40.6 Å². The van der Waals surface area contributed by atoms with Gasteiger partial charge in [0, 0.05) is 59.5 Å². The third-order valence-electron chi connectivity index (χ3n) is 13.8. The van der Waals surface area contributed by atoms with Gasteiger partial charge in [0.25, 0.3) is 0 Å². The normalized spacial score (nSPS) is 20.6. The number of fused-ring (bicyclic) bond motifs is 8. The van der Waals surface area contributed by atoms with Gasteiger partial charge in [0.15, 0.2) is 17.1 Å². The van der Waals surface area contributed by atoms with Crippen molar-refractivity contribution in [2.45, 2.75) is 50.5 Å². The van der Waals surface area contributed by atoms with E-state index in [1.165, 1.54) is 50.3 Å². The van der Waals surface area contributed by atoms with Gasteiger partial charge in [0.2, 0.25) is 0 Å². The highest BCUT2D eigenvalue weighted by atomic mass is 16.5. The van der Waals surface area contributed by atoms with Crippen molar-refractivity contribution in [1.82, 2.24) is 4.90 Å². The van der Waals surface area contributed by atoms with Crippen molar-refractivity contribution in [1.29, 1.82) is 0 Å². The summed E-state index contributed by atoms with van der Waals surface area (Å²) in [4.78, 5) is 4.90. The molecule has 5 aromatic rings. The minimum Gasteiger partial charge on any atom is -0.493 e. The first kappa shape index (κ1) is 37.7. The molecule has 0 bridgehead atoms. The number of rotatable bonds is 9. The van der Waals surface area contributed by atoms with Gasteiger partial charge < -0.3 is 33.5 Å². The van der Waals surface area contributed by atoms with Crippen LogP contribution in [0.4, 0.5) is 5.69 Å². The van der Waals surface area contributed by atoms with E-state index in [0.717, 1.165) is 106 Å². The Balaban J connectivity index is 1.20. The number of anilines is 1. The number of nitrogens with zero attached hydrogens (tertiary/aromatic N) is 2. The van der Waals surface area contributed by atoms with Crippen LogP contribution >= 0.6 is 0 Å². The zero-order valence-corrected chi connectivity index (χ0v) is 34.8. The number of benzene rings is 5. The Morgan fingerprint density at radius 1 is 0.678 bits per heavy atom. The quantitative estimate of drug-likeness (QED) is 0.147. The molecule has 7 nitrogen and oxygen atoms in total. The monoisotopic (exact) mass is 786 g/mol. The summed E-state index contributed by atoms with van der Waals surface area (Å²) in [5.41, 5.74) is 12.8. The maximum atomic E-state index is 7.85. The fraction of sp³-hybridized carbons (Fsp3) is 0.346. The second-order valence-corrected chi connectivity index (χ2v) is 16.4. The molecule has 2 aliphatic carbocycles. The first-order valence-corrected chi connectivity index (χ1v) is 21.5. The van der Waals surface area contributed by atoms with E-state index in [0.29, 0.717) is 11.5 Å². The summed E-state index contributed by atoms with van der Waals surface area (Å²) in [6.07, 6.45) is 13.2. The van der Waals surface area contributed by atoms with E-state index in [1.54, 1.807) is 14.2 Å². The van der Waals surface area contributed by atoms with Gasteiger partial charge in [-0.25, -0.2) is 0 Å². The molecule has 2 fully saturated rings. The standard InChI is InChI=1S/C52H54N2O5/c1-5-51(6-2)45-32-36(35-10-8-7-9-11-35)12-21-41(45)48-43-33-46(55-3)47(56-4)34-44(43)50-42(49(48)51)22-23-52(59-50,37-13-17-39(18-14-37)53-24-28-57-29-25-53)38-15-19-40(20-16-38)54-26-30-58-31-27-54/h7-15,17-19,21-23,32-34H,5-6,16,20,24-31H2,1-4H3. The predicted octanol–water partition coefficient (Wildman–Crippen LogP) is 10.7. The molecule has 302 valence electrons. The minimum absolute atomic E-state index is 0.228. The van der Waals surface area contributed by atoms with Crippen LogP contribution in [0.15, 0.2) is 114 Å². The van der Waals surface area contributed by atoms with E-state index < -0.39 is 5.60 Å². The van der Waals surface area contributed by atoms with Crippen LogP contribution in [0.25, 0.3) is 39.1 Å². The largest absolute Gasteiger partial charge is 0.493 e. The van der Waals surface area contributed by atoms with Crippen LogP contribution < -0.4 is 19.1 Å². The lowest BCUT2D eigenvalue weighted by Crippen LogP contribution is -2.39. The van der Waals surface area contributed by atoms with Crippen molar-refractivity contribution in [3.05, 3.63) is 137 Å². The van der Waals surface area contributed by atoms with E-state index >= 15 is 0 Å². The highest BCUT2D eigenvalue weighted by Gasteiger charge is 2.48. The number of methoxy groups -OCH3 is 2. The molecule has 2 saturated heterocycles. The molecule has 0 saturated carbocycles. The average Bonchev–Trinajstić information content (AvgIpc) is 3.62. The Labute approximate surface area is 348 Å². The first-order chi connectivity index (χ1) is 29.0. The smallest absolute Gasteiger partial charge is 0.174 e. The van der Waals surface area contributed by atoms with Gasteiger partial charge in [-0.15, -0.1) is 0 Å². The van der Waals surface area contributed by atoms with E-state index in [-0.39, 0.29) is 5.41 Å². The lowest BCUT2D eigenvalue weighted by molar-refractivity contribution is 0.0516. The molecule has 1 atom stereocenters. The second-order valence-electron chi connectivity index (χ2n) is 16.4. The molecule has 3 heterocycles. The van der Waals surface area contributed by atoms with E-state index in [9.17, 15) is 0 Å². The molecular formula is C52H54N2O5. The Hall–Kier alpha value is -5.50. The van der Waals surface area contributed by atoms with Gasteiger partial charge in [-0.3, -0.25) is 0 Å².